The fourth-order valence-corrected chi connectivity index (χ4v) is 5.59. The molecular formula is C40H32N6O3. The van der Waals surface area contributed by atoms with Crippen LogP contribution in [-0.4, -0.2) is 47.2 Å². The first-order valence-corrected chi connectivity index (χ1v) is 15.7. The number of rotatable bonds is 7. The number of hydrogen-bond acceptors (Lipinski definition) is 9. The van der Waals surface area contributed by atoms with Gasteiger partial charge >= 0.3 is 0 Å². The van der Waals surface area contributed by atoms with E-state index in [0.29, 0.717) is 46.1 Å². The number of ether oxygens (including phenoxy) is 1. The van der Waals surface area contributed by atoms with E-state index in [1.54, 1.807) is 31.4 Å². The van der Waals surface area contributed by atoms with Crippen molar-refractivity contribution in [2.75, 3.05) is 7.11 Å². The Hall–Kier alpha value is -6.48. The van der Waals surface area contributed by atoms with Gasteiger partial charge in [0.05, 0.1) is 18.2 Å². The van der Waals surface area contributed by atoms with Gasteiger partial charge in [0.25, 0.3) is 0 Å². The van der Waals surface area contributed by atoms with Crippen molar-refractivity contribution in [3.05, 3.63) is 126 Å². The smallest absolute Gasteiger partial charge is 0.168 e. The molecule has 0 saturated carbocycles. The lowest BCUT2D eigenvalue weighted by Crippen LogP contribution is -2.02. The Morgan fingerprint density at radius 3 is 1.08 bits per heavy atom. The Kier molecular flexibility index (Phi) is 8.24. The molecule has 0 amide bonds. The third-order valence-corrected chi connectivity index (χ3v) is 8.28. The number of aromatic nitrogens is 6. The van der Waals surface area contributed by atoms with Crippen molar-refractivity contribution in [1.29, 1.82) is 0 Å². The van der Waals surface area contributed by atoms with E-state index < -0.39 is 0 Å². The minimum atomic E-state index is 0.0860. The van der Waals surface area contributed by atoms with Crippen LogP contribution in [-0.2, 0) is 0 Å². The normalized spacial score (nSPS) is 11.0. The fraction of sp³-hybridized carbons (Fsp3) is 0.100. The summed E-state index contributed by atoms with van der Waals surface area (Å²) >= 11 is 0. The molecule has 2 heterocycles. The van der Waals surface area contributed by atoms with E-state index in [-0.39, 0.29) is 11.5 Å². The summed E-state index contributed by atoms with van der Waals surface area (Å²) < 4.78 is 5.34. The Morgan fingerprint density at radius 2 is 0.735 bits per heavy atom. The monoisotopic (exact) mass is 644 g/mol. The van der Waals surface area contributed by atoms with Crippen LogP contribution in [0.1, 0.15) is 16.7 Å². The minimum Gasteiger partial charge on any atom is -0.507 e. The van der Waals surface area contributed by atoms with Crippen molar-refractivity contribution in [3.63, 3.8) is 0 Å². The highest BCUT2D eigenvalue weighted by Gasteiger charge is 2.19. The molecule has 0 aliphatic carbocycles. The van der Waals surface area contributed by atoms with E-state index in [1.807, 2.05) is 106 Å². The van der Waals surface area contributed by atoms with E-state index in [2.05, 4.69) is 0 Å². The Balaban J connectivity index is 1.34. The van der Waals surface area contributed by atoms with Gasteiger partial charge in [-0.25, -0.2) is 29.9 Å². The molecule has 0 saturated heterocycles. The molecule has 0 unspecified atom stereocenters. The lowest BCUT2D eigenvalue weighted by Gasteiger charge is -2.12. The largest absolute Gasteiger partial charge is 0.507 e. The molecular weight excluding hydrogens is 612 g/mol. The Bertz CT molecular complexity index is 2270. The van der Waals surface area contributed by atoms with Crippen LogP contribution < -0.4 is 4.74 Å². The molecule has 0 spiro atoms. The van der Waals surface area contributed by atoms with E-state index in [0.717, 1.165) is 44.7 Å². The second kappa shape index (κ2) is 13.0. The predicted molar refractivity (Wildman–Crippen MR) is 190 cm³/mol. The number of phenols is 2. The van der Waals surface area contributed by atoms with Gasteiger partial charge in [0, 0.05) is 22.3 Å². The number of aromatic hydroxyl groups is 2. The SMILES string of the molecule is COc1ccc(-c2nc(-c3ccc(-c4nc(-c5ccc(C)cc5)nc(-c5c(C)cccc5O)n4)cc3)nc(-c3c(C)cccc3O)n2)cc1. The second-order valence-corrected chi connectivity index (χ2v) is 11.7. The van der Waals surface area contributed by atoms with Crippen LogP contribution in [0.3, 0.4) is 0 Å². The zero-order chi connectivity index (χ0) is 34.1. The molecule has 7 rings (SSSR count). The highest BCUT2D eigenvalue weighted by molar-refractivity contribution is 5.75. The zero-order valence-electron chi connectivity index (χ0n) is 27.4. The van der Waals surface area contributed by atoms with Gasteiger partial charge in [0.1, 0.15) is 17.2 Å². The topological polar surface area (TPSA) is 127 Å². The van der Waals surface area contributed by atoms with Gasteiger partial charge in [-0.05, 0) is 68.3 Å². The van der Waals surface area contributed by atoms with Crippen LogP contribution in [0.25, 0.3) is 68.3 Å². The summed E-state index contributed by atoms with van der Waals surface area (Å²) in [6.07, 6.45) is 0. The number of nitrogens with zero attached hydrogens (tertiary/aromatic N) is 6. The Labute approximate surface area is 283 Å². The first kappa shape index (κ1) is 31.1. The number of aryl methyl sites for hydroxylation is 3. The molecule has 0 aliphatic rings. The number of methoxy groups -OCH3 is 1. The fourth-order valence-electron chi connectivity index (χ4n) is 5.59. The molecule has 2 aromatic heterocycles. The maximum absolute atomic E-state index is 10.8. The quantitative estimate of drug-likeness (QED) is 0.176. The summed E-state index contributed by atoms with van der Waals surface area (Å²) in [5.41, 5.74) is 7.00. The molecule has 5 aromatic carbocycles. The molecule has 9 heteroatoms. The second-order valence-electron chi connectivity index (χ2n) is 11.7. The van der Waals surface area contributed by atoms with Crippen molar-refractivity contribution < 1.29 is 14.9 Å². The predicted octanol–water partition coefficient (Wildman–Crippen LogP) is 8.40. The van der Waals surface area contributed by atoms with E-state index in [1.165, 1.54) is 0 Å². The summed E-state index contributed by atoms with van der Waals surface area (Å²) in [6, 6.07) is 33.7. The molecule has 0 fully saturated rings. The average Bonchev–Trinajstić information content (AvgIpc) is 3.12. The number of phenolic OH excluding ortho intramolecular Hbond substituents is 2. The van der Waals surface area contributed by atoms with Crippen molar-refractivity contribution in [3.8, 4) is 85.6 Å². The molecule has 0 aliphatic heterocycles. The molecule has 0 bridgehead atoms. The van der Waals surface area contributed by atoms with Crippen LogP contribution in [0.2, 0.25) is 0 Å². The zero-order valence-corrected chi connectivity index (χ0v) is 27.4. The van der Waals surface area contributed by atoms with Gasteiger partial charge in [-0.3, -0.25) is 0 Å². The lowest BCUT2D eigenvalue weighted by atomic mass is 10.1. The van der Waals surface area contributed by atoms with Crippen molar-refractivity contribution in [2.45, 2.75) is 20.8 Å². The van der Waals surface area contributed by atoms with Crippen LogP contribution in [0.5, 0.6) is 17.2 Å². The van der Waals surface area contributed by atoms with Crippen LogP contribution in [0, 0.1) is 20.8 Å². The summed E-state index contributed by atoms with van der Waals surface area (Å²) in [4.78, 5) is 28.9. The van der Waals surface area contributed by atoms with Gasteiger partial charge in [0.15, 0.2) is 34.9 Å². The number of hydrogen-bond donors (Lipinski definition) is 2. The van der Waals surface area contributed by atoms with Gasteiger partial charge < -0.3 is 14.9 Å². The highest BCUT2D eigenvalue weighted by atomic mass is 16.5. The maximum Gasteiger partial charge on any atom is 0.168 e. The van der Waals surface area contributed by atoms with Crippen LogP contribution in [0.4, 0.5) is 0 Å². The van der Waals surface area contributed by atoms with Gasteiger partial charge in [-0.15, -0.1) is 0 Å². The van der Waals surface area contributed by atoms with Gasteiger partial charge in [0.2, 0.25) is 0 Å². The molecule has 2 N–H and O–H groups in total. The summed E-state index contributed by atoms with van der Waals surface area (Å²) in [5, 5.41) is 21.6. The Morgan fingerprint density at radius 1 is 0.408 bits per heavy atom. The van der Waals surface area contributed by atoms with Gasteiger partial charge in [-0.2, -0.15) is 0 Å². The molecule has 0 atom stereocenters. The van der Waals surface area contributed by atoms with Crippen LogP contribution >= 0.6 is 0 Å². The standard InChI is InChI=1S/C40H32N6O3/c1-23-11-13-26(14-12-23)35-41-36(44-39(43-35)33-24(2)7-5-9-31(33)47)27-15-17-28(18-16-27)37-42-38(29-19-21-30(49-4)22-20-29)46-40(45-37)34-25(3)8-6-10-32(34)48/h5-22,47-48H,1-4H3. The molecule has 49 heavy (non-hydrogen) atoms. The van der Waals surface area contributed by atoms with Crippen molar-refractivity contribution in [2.24, 2.45) is 0 Å². The summed E-state index contributed by atoms with van der Waals surface area (Å²) in [7, 11) is 1.62. The molecule has 9 nitrogen and oxygen atoms in total. The molecule has 240 valence electrons. The maximum atomic E-state index is 10.8. The highest BCUT2D eigenvalue weighted by Crippen LogP contribution is 2.35. The first-order valence-electron chi connectivity index (χ1n) is 15.7. The summed E-state index contributed by atoms with van der Waals surface area (Å²) in [6.45, 7) is 5.85. The average molecular weight is 645 g/mol. The van der Waals surface area contributed by atoms with E-state index >= 15 is 0 Å². The van der Waals surface area contributed by atoms with Crippen molar-refractivity contribution in [1.82, 2.24) is 29.9 Å². The van der Waals surface area contributed by atoms with Crippen LogP contribution in [0.15, 0.2) is 109 Å². The first-order chi connectivity index (χ1) is 23.8. The van der Waals surface area contributed by atoms with E-state index in [9.17, 15) is 10.2 Å². The molecule has 0 radical (unpaired) electrons. The van der Waals surface area contributed by atoms with E-state index in [4.69, 9.17) is 34.6 Å². The van der Waals surface area contributed by atoms with Crippen molar-refractivity contribution >= 4 is 0 Å². The third kappa shape index (κ3) is 6.29. The molecule has 7 aromatic rings. The lowest BCUT2D eigenvalue weighted by molar-refractivity contribution is 0.415. The summed E-state index contributed by atoms with van der Waals surface area (Å²) in [5.74, 6) is 3.48. The number of benzene rings is 5. The third-order valence-electron chi connectivity index (χ3n) is 8.28. The minimum absolute atomic E-state index is 0.0860. The van der Waals surface area contributed by atoms with Gasteiger partial charge in [-0.1, -0.05) is 78.4 Å².